The highest BCUT2D eigenvalue weighted by Gasteiger charge is 2.20. The van der Waals surface area contributed by atoms with Crippen molar-refractivity contribution in [1.29, 1.82) is 0 Å². The van der Waals surface area contributed by atoms with Gasteiger partial charge < -0.3 is 15.8 Å². The van der Waals surface area contributed by atoms with Gasteiger partial charge in [0.25, 0.3) is 0 Å². The zero-order valence-electron chi connectivity index (χ0n) is 13.0. The lowest BCUT2D eigenvalue weighted by atomic mass is 9.98. The third kappa shape index (κ3) is 4.82. The number of carbonyl (C=O) groups excluding carboxylic acids is 1. The maximum atomic E-state index is 12.0. The van der Waals surface area contributed by atoms with Gasteiger partial charge in [-0.3, -0.25) is 4.79 Å². The molecule has 0 bridgehead atoms. The highest BCUT2D eigenvalue weighted by molar-refractivity contribution is 5.98. The van der Waals surface area contributed by atoms with E-state index in [9.17, 15) is 9.70 Å². The molecular formula is C15H23N3O3. The van der Waals surface area contributed by atoms with E-state index in [1.54, 1.807) is 32.2 Å². The summed E-state index contributed by atoms with van der Waals surface area (Å²) in [5.41, 5.74) is 6.12. The minimum Gasteiger partial charge on any atom is -0.489 e. The topological polar surface area (TPSA) is 93.8 Å². The molecule has 0 amide bonds. The summed E-state index contributed by atoms with van der Waals surface area (Å²) in [7, 11) is 0. The van der Waals surface area contributed by atoms with E-state index in [0.717, 1.165) is 0 Å². The number of hydrogen-bond donors (Lipinski definition) is 2. The predicted molar refractivity (Wildman–Crippen MR) is 82.1 cm³/mol. The van der Waals surface area contributed by atoms with Gasteiger partial charge in [0.05, 0.1) is 0 Å². The number of ether oxygens (including phenoxy) is 1. The van der Waals surface area contributed by atoms with Crippen LogP contribution in [0.25, 0.3) is 0 Å². The van der Waals surface area contributed by atoms with Crippen LogP contribution in [0.4, 0.5) is 0 Å². The van der Waals surface area contributed by atoms with E-state index in [-0.39, 0.29) is 24.9 Å². The molecule has 1 aliphatic heterocycles. The fraction of sp³-hybridized carbons (Fsp3) is 0.533. The molecule has 0 atom stereocenters. The van der Waals surface area contributed by atoms with Crippen molar-refractivity contribution < 1.29 is 9.53 Å². The second kappa shape index (κ2) is 7.17. The van der Waals surface area contributed by atoms with E-state index in [1.807, 2.05) is 13.8 Å². The van der Waals surface area contributed by atoms with Crippen LogP contribution in [0.5, 0.6) is 0 Å². The number of nitrogens with two attached hydrogens (primary N) is 1. The molecule has 0 aliphatic carbocycles. The number of nitroso groups, excluding NO2 is 1. The largest absolute Gasteiger partial charge is 0.489 e. The van der Waals surface area contributed by atoms with Crippen molar-refractivity contribution in [3.63, 3.8) is 0 Å². The predicted octanol–water partition coefficient (Wildman–Crippen LogP) is 1.99. The first-order chi connectivity index (χ1) is 9.80. The van der Waals surface area contributed by atoms with Crippen molar-refractivity contribution in [2.24, 2.45) is 16.8 Å². The Kier molecular flexibility index (Phi) is 5.84. The molecule has 21 heavy (non-hydrogen) atoms. The van der Waals surface area contributed by atoms with Gasteiger partial charge in [0.1, 0.15) is 17.9 Å². The Hall–Kier alpha value is -1.95. The summed E-state index contributed by atoms with van der Waals surface area (Å²) in [5, 5.41) is 5.99. The van der Waals surface area contributed by atoms with Crippen molar-refractivity contribution in [2.75, 3.05) is 13.2 Å². The standard InChI is InChI=1S/C15H23N3O3/c1-10(2)14(19)12(7-16)13-6-5-11(8-17-13)21-9-15(3,4)18-20/h5-6,8,10,17H,7,9,16H2,1-4H3/b13-12+. The van der Waals surface area contributed by atoms with Crippen LogP contribution in [0.15, 0.2) is 40.6 Å². The molecule has 0 radical (unpaired) electrons. The lowest BCUT2D eigenvalue weighted by Crippen LogP contribution is -2.26. The average Bonchev–Trinajstić information content (AvgIpc) is 2.47. The lowest BCUT2D eigenvalue weighted by Gasteiger charge is -2.20. The summed E-state index contributed by atoms with van der Waals surface area (Å²) < 4.78 is 5.49. The van der Waals surface area contributed by atoms with Gasteiger partial charge >= 0.3 is 0 Å². The third-order valence-corrected chi connectivity index (χ3v) is 2.97. The Morgan fingerprint density at radius 1 is 1.43 bits per heavy atom. The third-order valence-electron chi connectivity index (χ3n) is 2.97. The molecule has 0 saturated carbocycles. The maximum absolute atomic E-state index is 12.0. The molecule has 0 fully saturated rings. The first-order valence-electron chi connectivity index (χ1n) is 6.90. The van der Waals surface area contributed by atoms with E-state index >= 15 is 0 Å². The number of allylic oxidation sites excluding steroid dienone is 2. The minimum absolute atomic E-state index is 0.0220. The summed E-state index contributed by atoms with van der Waals surface area (Å²) >= 11 is 0. The molecular weight excluding hydrogens is 270 g/mol. The molecule has 0 spiro atoms. The summed E-state index contributed by atoms with van der Waals surface area (Å²) in [5.74, 6) is 0.491. The normalized spacial score (nSPS) is 17.1. The maximum Gasteiger partial charge on any atom is 0.164 e. The highest BCUT2D eigenvalue weighted by atomic mass is 16.5. The summed E-state index contributed by atoms with van der Waals surface area (Å²) in [6.45, 7) is 7.42. The van der Waals surface area contributed by atoms with Gasteiger partial charge in [-0.1, -0.05) is 19.0 Å². The fourth-order valence-electron chi connectivity index (χ4n) is 1.67. The van der Waals surface area contributed by atoms with Crippen LogP contribution in [0, 0.1) is 10.8 Å². The van der Waals surface area contributed by atoms with E-state index in [2.05, 4.69) is 10.5 Å². The zero-order valence-corrected chi connectivity index (χ0v) is 13.0. The first-order valence-corrected chi connectivity index (χ1v) is 6.90. The van der Waals surface area contributed by atoms with Gasteiger partial charge in [-0.05, 0) is 26.0 Å². The van der Waals surface area contributed by atoms with Crippen LogP contribution < -0.4 is 11.1 Å². The van der Waals surface area contributed by atoms with Crippen molar-refractivity contribution in [1.82, 2.24) is 5.32 Å². The molecule has 0 aromatic carbocycles. The summed E-state index contributed by atoms with van der Waals surface area (Å²) in [6.07, 6.45) is 5.12. The lowest BCUT2D eigenvalue weighted by molar-refractivity contribution is -0.118. The van der Waals surface area contributed by atoms with Crippen LogP contribution in [0.2, 0.25) is 0 Å². The van der Waals surface area contributed by atoms with E-state index in [1.165, 1.54) is 0 Å². The average molecular weight is 293 g/mol. The molecule has 0 aromatic rings. The number of carbonyl (C=O) groups is 1. The van der Waals surface area contributed by atoms with Crippen LogP contribution >= 0.6 is 0 Å². The van der Waals surface area contributed by atoms with Gasteiger partial charge in [-0.15, -0.1) is 0 Å². The number of rotatable bonds is 7. The molecule has 0 aromatic heterocycles. The van der Waals surface area contributed by atoms with E-state index in [0.29, 0.717) is 17.0 Å². The molecule has 1 aliphatic rings. The van der Waals surface area contributed by atoms with Gasteiger partial charge in [0, 0.05) is 29.9 Å². The summed E-state index contributed by atoms with van der Waals surface area (Å²) in [6, 6.07) is 0. The van der Waals surface area contributed by atoms with Crippen molar-refractivity contribution >= 4 is 5.78 Å². The molecule has 6 heteroatoms. The molecule has 3 N–H and O–H groups in total. The number of nitrogens with one attached hydrogen (secondary N) is 1. The van der Waals surface area contributed by atoms with Crippen LogP contribution in [0.1, 0.15) is 27.7 Å². The summed E-state index contributed by atoms with van der Waals surface area (Å²) in [4.78, 5) is 22.6. The number of dihydropyridines is 1. The SMILES string of the molecule is CC(C)C(=O)/C(CN)=C1\C=CC(OCC(C)(C)N=O)=CN1. The highest BCUT2D eigenvalue weighted by Crippen LogP contribution is 2.17. The minimum atomic E-state index is -0.777. The van der Waals surface area contributed by atoms with Gasteiger partial charge in [-0.25, -0.2) is 0 Å². The van der Waals surface area contributed by atoms with Crippen molar-refractivity contribution in [3.05, 3.63) is 40.3 Å². The number of nitrogens with zero attached hydrogens (tertiary/aromatic N) is 1. The molecule has 0 unspecified atom stereocenters. The van der Waals surface area contributed by atoms with Gasteiger partial charge in [0.2, 0.25) is 0 Å². The monoisotopic (exact) mass is 293 g/mol. The Labute approximate surface area is 125 Å². The molecule has 6 nitrogen and oxygen atoms in total. The van der Waals surface area contributed by atoms with E-state index in [4.69, 9.17) is 10.5 Å². The van der Waals surface area contributed by atoms with Crippen LogP contribution in [-0.4, -0.2) is 24.5 Å². The number of ketones is 1. The Morgan fingerprint density at radius 3 is 2.52 bits per heavy atom. The van der Waals surface area contributed by atoms with Crippen LogP contribution in [-0.2, 0) is 9.53 Å². The zero-order chi connectivity index (χ0) is 16.0. The van der Waals surface area contributed by atoms with Gasteiger partial charge in [-0.2, -0.15) is 4.91 Å². The second-order valence-electron chi connectivity index (χ2n) is 5.83. The fourth-order valence-corrected chi connectivity index (χ4v) is 1.67. The van der Waals surface area contributed by atoms with Crippen LogP contribution in [0.3, 0.4) is 0 Å². The smallest absolute Gasteiger partial charge is 0.164 e. The Balaban J connectivity index is 2.75. The first kappa shape index (κ1) is 17.1. The number of Topliss-reactive ketones (excluding diaryl/α,β-unsaturated/α-hetero) is 1. The Morgan fingerprint density at radius 2 is 2.10 bits per heavy atom. The van der Waals surface area contributed by atoms with Crippen molar-refractivity contribution in [3.8, 4) is 0 Å². The number of hydrogen-bond acceptors (Lipinski definition) is 6. The molecule has 116 valence electrons. The molecule has 1 heterocycles. The van der Waals surface area contributed by atoms with E-state index < -0.39 is 5.54 Å². The molecule has 1 rings (SSSR count). The molecule has 0 saturated heterocycles. The Bertz CT molecular complexity index is 502. The van der Waals surface area contributed by atoms with Crippen molar-refractivity contribution in [2.45, 2.75) is 33.2 Å². The quantitative estimate of drug-likeness (QED) is 0.553. The van der Waals surface area contributed by atoms with Gasteiger partial charge in [0.15, 0.2) is 5.78 Å². The second-order valence-corrected chi connectivity index (χ2v) is 5.83.